The van der Waals surface area contributed by atoms with E-state index in [0.29, 0.717) is 12.1 Å². The quantitative estimate of drug-likeness (QED) is 0.902. The number of hydrogen-bond acceptors (Lipinski definition) is 4. The highest BCUT2D eigenvalue weighted by molar-refractivity contribution is 7.11. The molecule has 1 amide bonds. The van der Waals surface area contributed by atoms with Crippen LogP contribution < -0.4 is 10.6 Å². The zero-order chi connectivity index (χ0) is 13.8. The summed E-state index contributed by atoms with van der Waals surface area (Å²) in [5, 5.41) is 6.89. The van der Waals surface area contributed by atoms with Crippen molar-refractivity contribution in [2.24, 2.45) is 0 Å². The summed E-state index contributed by atoms with van der Waals surface area (Å²) < 4.78 is 0. The number of thiazole rings is 1. The van der Waals surface area contributed by atoms with Gasteiger partial charge >= 0.3 is 0 Å². The zero-order valence-corrected chi connectivity index (χ0v) is 12.1. The average Bonchev–Trinajstić information content (AvgIpc) is 2.81. The molecule has 1 heterocycles. The Kier molecular flexibility index (Phi) is 4.16. The highest BCUT2D eigenvalue weighted by Gasteiger charge is 2.08. The number of carbonyl (C=O) groups is 1. The van der Waals surface area contributed by atoms with E-state index in [9.17, 15) is 4.79 Å². The van der Waals surface area contributed by atoms with Crippen LogP contribution in [0, 0.1) is 13.8 Å². The van der Waals surface area contributed by atoms with Crippen molar-refractivity contribution in [2.75, 3.05) is 12.4 Å². The maximum Gasteiger partial charge on any atom is 0.251 e. The first kappa shape index (κ1) is 13.5. The average molecular weight is 275 g/mol. The first-order chi connectivity index (χ1) is 9.10. The van der Waals surface area contributed by atoms with E-state index in [2.05, 4.69) is 15.6 Å². The molecule has 0 aliphatic carbocycles. The van der Waals surface area contributed by atoms with Crippen molar-refractivity contribution in [3.8, 4) is 0 Å². The molecule has 2 aromatic rings. The lowest BCUT2D eigenvalue weighted by Crippen LogP contribution is -2.22. The van der Waals surface area contributed by atoms with Crippen LogP contribution in [-0.4, -0.2) is 17.9 Å². The summed E-state index contributed by atoms with van der Waals surface area (Å²) in [4.78, 5) is 17.4. The number of anilines is 1. The highest BCUT2D eigenvalue weighted by atomic mass is 32.1. The van der Waals surface area contributed by atoms with Crippen molar-refractivity contribution in [1.82, 2.24) is 10.3 Å². The largest absolute Gasteiger partial charge is 0.388 e. The van der Waals surface area contributed by atoms with E-state index in [1.807, 2.05) is 45.3 Å². The normalized spacial score (nSPS) is 10.3. The van der Waals surface area contributed by atoms with Gasteiger partial charge < -0.3 is 10.6 Å². The molecule has 0 saturated carbocycles. The molecule has 2 rings (SSSR count). The fourth-order valence-corrected chi connectivity index (χ4v) is 2.55. The summed E-state index contributed by atoms with van der Waals surface area (Å²) in [6.45, 7) is 4.46. The van der Waals surface area contributed by atoms with E-state index in [1.165, 1.54) is 0 Å². The third kappa shape index (κ3) is 3.32. The van der Waals surface area contributed by atoms with Crippen LogP contribution in [0.5, 0.6) is 0 Å². The second-order valence-electron chi connectivity index (χ2n) is 4.33. The molecule has 0 saturated heterocycles. The Morgan fingerprint density at radius 2 is 2.16 bits per heavy atom. The first-order valence-corrected chi connectivity index (χ1v) is 6.89. The molecule has 0 spiro atoms. The van der Waals surface area contributed by atoms with Crippen LogP contribution >= 0.6 is 11.3 Å². The molecular formula is C14H17N3OS. The Hall–Kier alpha value is -1.88. The molecule has 0 unspecified atom stereocenters. The SMILES string of the molecule is CNc1ccc(C(=O)NCc2ncc(C)s2)cc1C. The van der Waals surface area contributed by atoms with E-state index in [0.717, 1.165) is 21.1 Å². The Bertz CT molecular complexity index is 592. The Morgan fingerprint density at radius 3 is 2.74 bits per heavy atom. The number of nitrogens with zero attached hydrogens (tertiary/aromatic N) is 1. The molecular weight excluding hydrogens is 258 g/mol. The zero-order valence-electron chi connectivity index (χ0n) is 11.3. The van der Waals surface area contributed by atoms with Crippen LogP contribution in [0.2, 0.25) is 0 Å². The van der Waals surface area contributed by atoms with Crippen molar-refractivity contribution in [1.29, 1.82) is 0 Å². The Balaban J connectivity index is 2.01. The van der Waals surface area contributed by atoms with Gasteiger partial charge in [-0.25, -0.2) is 4.98 Å². The van der Waals surface area contributed by atoms with Gasteiger partial charge in [0, 0.05) is 29.4 Å². The maximum absolute atomic E-state index is 12.0. The summed E-state index contributed by atoms with van der Waals surface area (Å²) in [5.74, 6) is -0.0707. The van der Waals surface area contributed by atoms with Crippen LogP contribution in [0.3, 0.4) is 0 Å². The molecule has 0 fully saturated rings. The standard InChI is InChI=1S/C14H17N3OS/c1-9-6-11(4-5-12(9)15-3)14(18)17-8-13-16-7-10(2)19-13/h4-7,15H,8H2,1-3H3,(H,17,18). The second-order valence-corrected chi connectivity index (χ2v) is 5.65. The van der Waals surface area contributed by atoms with Crippen LogP contribution in [-0.2, 0) is 6.54 Å². The predicted octanol–water partition coefficient (Wildman–Crippen LogP) is 2.73. The molecule has 0 bridgehead atoms. The van der Waals surface area contributed by atoms with E-state index in [1.54, 1.807) is 11.3 Å². The van der Waals surface area contributed by atoms with Gasteiger partial charge in [0.25, 0.3) is 5.91 Å². The summed E-state index contributed by atoms with van der Waals surface area (Å²) in [6.07, 6.45) is 1.82. The van der Waals surface area contributed by atoms with Gasteiger partial charge in [0.2, 0.25) is 0 Å². The van der Waals surface area contributed by atoms with Crippen molar-refractivity contribution >= 4 is 22.9 Å². The van der Waals surface area contributed by atoms with Gasteiger partial charge in [-0.15, -0.1) is 11.3 Å². The fraction of sp³-hybridized carbons (Fsp3) is 0.286. The van der Waals surface area contributed by atoms with E-state index < -0.39 is 0 Å². The highest BCUT2D eigenvalue weighted by Crippen LogP contribution is 2.16. The van der Waals surface area contributed by atoms with Gasteiger partial charge in [-0.1, -0.05) is 0 Å². The lowest BCUT2D eigenvalue weighted by molar-refractivity contribution is 0.0951. The summed E-state index contributed by atoms with van der Waals surface area (Å²) in [6, 6.07) is 5.62. The van der Waals surface area contributed by atoms with Crippen molar-refractivity contribution < 1.29 is 4.79 Å². The van der Waals surface area contributed by atoms with Gasteiger partial charge in [-0.3, -0.25) is 4.79 Å². The van der Waals surface area contributed by atoms with E-state index in [4.69, 9.17) is 0 Å². The minimum absolute atomic E-state index is 0.0707. The molecule has 19 heavy (non-hydrogen) atoms. The summed E-state index contributed by atoms with van der Waals surface area (Å²) >= 11 is 1.60. The van der Waals surface area contributed by atoms with Gasteiger partial charge in [0.15, 0.2) is 0 Å². The van der Waals surface area contributed by atoms with E-state index >= 15 is 0 Å². The van der Waals surface area contributed by atoms with Crippen LogP contribution in [0.4, 0.5) is 5.69 Å². The minimum Gasteiger partial charge on any atom is -0.388 e. The Morgan fingerprint density at radius 1 is 1.37 bits per heavy atom. The number of nitrogens with one attached hydrogen (secondary N) is 2. The third-order valence-electron chi connectivity index (χ3n) is 2.83. The van der Waals surface area contributed by atoms with Crippen LogP contribution in [0.25, 0.3) is 0 Å². The molecule has 5 heteroatoms. The molecule has 2 N–H and O–H groups in total. The third-order valence-corrected chi connectivity index (χ3v) is 3.74. The van der Waals surface area contributed by atoms with Crippen molar-refractivity contribution in [3.05, 3.63) is 45.4 Å². The van der Waals surface area contributed by atoms with Gasteiger partial charge in [-0.05, 0) is 37.6 Å². The summed E-state index contributed by atoms with van der Waals surface area (Å²) in [5.41, 5.74) is 2.76. The number of amides is 1. The minimum atomic E-state index is -0.0707. The second kappa shape index (κ2) is 5.84. The molecule has 0 atom stereocenters. The molecule has 1 aromatic carbocycles. The van der Waals surface area contributed by atoms with Gasteiger partial charge in [-0.2, -0.15) is 0 Å². The summed E-state index contributed by atoms with van der Waals surface area (Å²) in [7, 11) is 1.87. The maximum atomic E-state index is 12.0. The number of hydrogen-bond donors (Lipinski definition) is 2. The molecule has 0 radical (unpaired) electrons. The molecule has 1 aromatic heterocycles. The monoisotopic (exact) mass is 275 g/mol. The molecule has 0 aliphatic rings. The number of aromatic nitrogens is 1. The first-order valence-electron chi connectivity index (χ1n) is 6.08. The van der Waals surface area contributed by atoms with Gasteiger partial charge in [0.05, 0.1) is 6.54 Å². The van der Waals surface area contributed by atoms with Crippen LogP contribution in [0.1, 0.15) is 25.8 Å². The lowest BCUT2D eigenvalue weighted by Gasteiger charge is -2.08. The predicted molar refractivity (Wildman–Crippen MR) is 78.7 cm³/mol. The van der Waals surface area contributed by atoms with Crippen molar-refractivity contribution in [2.45, 2.75) is 20.4 Å². The number of rotatable bonds is 4. The van der Waals surface area contributed by atoms with Crippen LogP contribution in [0.15, 0.2) is 24.4 Å². The number of benzene rings is 1. The number of carbonyl (C=O) groups excluding carboxylic acids is 1. The Labute approximate surface area is 116 Å². The molecule has 100 valence electrons. The molecule has 4 nitrogen and oxygen atoms in total. The topological polar surface area (TPSA) is 54.0 Å². The fourth-order valence-electron chi connectivity index (χ4n) is 1.83. The smallest absolute Gasteiger partial charge is 0.251 e. The van der Waals surface area contributed by atoms with E-state index in [-0.39, 0.29) is 5.91 Å². The lowest BCUT2D eigenvalue weighted by atomic mass is 10.1. The van der Waals surface area contributed by atoms with Crippen molar-refractivity contribution in [3.63, 3.8) is 0 Å². The van der Waals surface area contributed by atoms with Gasteiger partial charge in [0.1, 0.15) is 5.01 Å². The molecule has 0 aliphatic heterocycles. The number of aryl methyl sites for hydroxylation is 2.